The highest BCUT2D eigenvalue weighted by Gasteiger charge is 2.16. The van der Waals surface area contributed by atoms with Crippen LogP contribution in [0, 0.1) is 0 Å². The predicted octanol–water partition coefficient (Wildman–Crippen LogP) is 3.78. The highest BCUT2D eigenvalue weighted by Crippen LogP contribution is 2.21. The highest BCUT2D eigenvalue weighted by molar-refractivity contribution is 6.02. The van der Waals surface area contributed by atoms with Crippen LogP contribution in [-0.4, -0.2) is 35.4 Å². The van der Waals surface area contributed by atoms with Crippen molar-refractivity contribution < 1.29 is 4.79 Å². The fraction of sp³-hybridized carbons (Fsp3) is 0.0833. The number of carbonyl (C=O) groups excluding carboxylic acids is 1. The number of aryl methyl sites for hydroxylation is 2. The van der Waals surface area contributed by atoms with Crippen LogP contribution in [0.1, 0.15) is 16.2 Å². The number of rotatable bonds is 6. The molecule has 8 nitrogen and oxygen atoms in total. The van der Waals surface area contributed by atoms with Gasteiger partial charge in [-0.2, -0.15) is 0 Å². The maximum absolute atomic E-state index is 13.0. The lowest BCUT2D eigenvalue weighted by atomic mass is 10.2. The van der Waals surface area contributed by atoms with E-state index in [4.69, 9.17) is 0 Å². The molecule has 0 aliphatic carbocycles. The minimum Gasteiger partial charge on any atom is -0.310 e. The van der Waals surface area contributed by atoms with Gasteiger partial charge in [-0.1, -0.05) is 18.2 Å². The zero-order valence-electron chi connectivity index (χ0n) is 17.1. The number of para-hydroxylation sites is 2. The van der Waals surface area contributed by atoms with Crippen LogP contribution in [0.25, 0.3) is 22.4 Å². The summed E-state index contributed by atoms with van der Waals surface area (Å²) in [6.07, 6.45) is 7.39. The van der Waals surface area contributed by atoms with E-state index in [1.165, 1.54) is 0 Å². The molecule has 5 rings (SSSR count). The average molecular weight is 421 g/mol. The van der Waals surface area contributed by atoms with E-state index in [0.717, 1.165) is 22.3 Å². The minimum atomic E-state index is -0.355. The van der Waals surface area contributed by atoms with Gasteiger partial charge >= 0.3 is 0 Å². The van der Waals surface area contributed by atoms with Crippen LogP contribution < -0.4 is 5.32 Å². The number of fused-ring (bicyclic) bond motifs is 1. The SMILES string of the molecule is O=C(Nc1nc2ccccc2n1CCc1ccccn1)c1ccnc(-c2cccnc2)n1. The summed E-state index contributed by atoms with van der Waals surface area (Å²) < 4.78 is 1.99. The van der Waals surface area contributed by atoms with Crippen LogP contribution in [0.2, 0.25) is 0 Å². The van der Waals surface area contributed by atoms with Crippen LogP contribution >= 0.6 is 0 Å². The zero-order valence-corrected chi connectivity index (χ0v) is 17.1. The standard InChI is InChI=1S/C24H19N7O/c32-23(20-10-14-27-22(28-20)17-6-5-12-25-16-17)30-24-29-19-8-1-2-9-21(19)31(24)15-11-18-7-3-4-13-26-18/h1-10,12-14,16H,11,15H2,(H,29,30,32). The first-order valence-corrected chi connectivity index (χ1v) is 10.2. The Kier molecular flexibility index (Phi) is 5.32. The molecule has 0 saturated heterocycles. The van der Waals surface area contributed by atoms with Gasteiger partial charge in [0.1, 0.15) is 5.69 Å². The first-order valence-electron chi connectivity index (χ1n) is 10.2. The third-order valence-electron chi connectivity index (χ3n) is 5.01. The van der Waals surface area contributed by atoms with E-state index in [1.54, 1.807) is 36.9 Å². The third-order valence-corrected chi connectivity index (χ3v) is 5.01. The molecule has 0 radical (unpaired) electrons. The Hall–Kier alpha value is -4.46. The Morgan fingerprint density at radius 2 is 1.78 bits per heavy atom. The summed E-state index contributed by atoms with van der Waals surface area (Å²) in [5, 5.41) is 2.92. The first-order chi connectivity index (χ1) is 15.8. The van der Waals surface area contributed by atoms with Crippen LogP contribution in [0.5, 0.6) is 0 Å². The molecular weight excluding hydrogens is 402 g/mol. The normalized spacial score (nSPS) is 10.9. The molecule has 32 heavy (non-hydrogen) atoms. The molecule has 0 atom stereocenters. The second-order valence-electron chi connectivity index (χ2n) is 7.11. The second kappa shape index (κ2) is 8.73. The Balaban J connectivity index is 1.43. The summed E-state index contributed by atoms with van der Waals surface area (Å²) in [6, 6.07) is 18.9. The molecule has 1 amide bonds. The number of benzene rings is 1. The first kappa shape index (κ1) is 19.5. The van der Waals surface area contributed by atoms with Crippen molar-refractivity contribution in [1.82, 2.24) is 29.5 Å². The molecule has 1 N–H and O–H groups in total. The number of nitrogens with zero attached hydrogens (tertiary/aromatic N) is 6. The van der Waals surface area contributed by atoms with E-state index in [2.05, 4.69) is 30.2 Å². The number of aromatic nitrogens is 6. The summed E-state index contributed by atoms with van der Waals surface area (Å²) in [5.74, 6) is 0.551. The lowest BCUT2D eigenvalue weighted by Crippen LogP contribution is -2.18. The summed E-state index contributed by atoms with van der Waals surface area (Å²) in [6.45, 7) is 0.623. The largest absolute Gasteiger partial charge is 0.310 e. The predicted molar refractivity (Wildman–Crippen MR) is 121 cm³/mol. The van der Waals surface area contributed by atoms with E-state index in [9.17, 15) is 4.79 Å². The number of pyridine rings is 2. The van der Waals surface area contributed by atoms with Crippen LogP contribution in [0.3, 0.4) is 0 Å². The molecule has 0 unspecified atom stereocenters. The van der Waals surface area contributed by atoms with Gasteiger partial charge in [0, 0.05) is 49.0 Å². The Labute approximate surface area is 184 Å². The fourth-order valence-electron chi connectivity index (χ4n) is 3.45. The average Bonchev–Trinajstić information content (AvgIpc) is 3.21. The molecule has 5 aromatic rings. The molecule has 0 fully saturated rings. The molecule has 4 heterocycles. The number of nitrogens with one attached hydrogen (secondary N) is 1. The van der Waals surface area contributed by atoms with Crippen molar-refractivity contribution in [3.63, 3.8) is 0 Å². The van der Waals surface area contributed by atoms with Gasteiger partial charge in [0.15, 0.2) is 5.82 Å². The molecule has 4 aromatic heterocycles. The molecule has 156 valence electrons. The van der Waals surface area contributed by atoms with Crippen molar-refractivity contribution in [2.45, 2.75) is 13.0 Å². The molecule has 8 heteroatoms. The number of anilines is 1. The molecular formula is C24H19N7O. The number of imidazole rings is 1. The van der Waals surface area contributed by atoms with E-state index < -0.39 is 0 Å². The van der Waals surface area contributed by atoms with E-state index >= 15 is 0 Å². The fourth-order valence-corrected chi connectivity index (χ4v) is 3.45. The Morgan fingerprint density at radius 3 is 2.62 bits per heavy atom. The molecule has 0 saturated carbocycles. The number of hydrogen-bond acceptors (Lipinski definition) is 6. The zero-order chi connectivity index (χ0) is 21.8. The van der Waals surface area contributed by atoms with Crippen molar-refractivity contribution in [2.24, 2.45) is 0 Å². The number of carbonyl (C=O) groups is 1. The Bertz CT molecular complexity index is 1370. The summed E-state index contributed by atoms with van der Waals surface area (Å²) in [4.78, 5) is 34.8. The van der Waals surface area contributed by atoms with Crippen LogP contribution in [0.4, 0.5) is 5.95 Å². The molecule has 0 aliphatic heterocycles. The van der Waals surface area contributed by atoms with Crippen molar-refractivity contribution >= 4 is 22.9 Å². The maximum Gasteiger partial charge on any atom is 0.276 e. The molecule has 1 aromatic carbocycles. The lowest BCUT2D eigenvalue weighted by Gasteiger charge is -2.10. The van der Waals surface area contributed by atoms with Gasteiger partial charge in [-0.15, -0.1) is 0 Å². The summed E-state index contributed by atoms with van der Waals surface area (Å²) in [5.41, 5.74) is 3.71. The van der Waals surface area contributed by atoms with Crippen molar-refractivity contribution in [3.8, 4) is 11.4 Å². The molecule has 0 bridgehead atoms. The van der Waals surface area contributed by atoms with Gasteiger partial charge in [-0.25, -0.2) is 15.0 Å². The monoisotopic (exact) mass is 421 g/mol. The van der Waals surface area contributed by atoms with Gasteiger partial charge in [0.05, 0.1) is 11.0 Å². The summed E-state index contributed by atoms with van der Waals surface area (Å²) in [7, 11) is 0. The molecule has 0 spiro atoms. The highest BCUT2D eigenvalue weighted by atomic mass is 16.2. The summed E-state index contributed by atoms with van der Waals surface area (Å²) >= 11 is 0. The Morgan fingerprint density at radius 1 is 0.875 bits per heavy atom. The van der Waals surface area contributed by atoms with Gasteiger partial charge in [-0.05, 0) is 42.5 Å². The van der Waals surface area contributed by atoms with Crippen molar-refractivity contribution in [3.05, 3.63) is 96.8 Å². The topological polar surface area (TPSA) is 98.5 Å². The minimum absolute atomic E-state index is 0.252. The van der Waals surface area contributed by atoms with Gasteiger partial charge in [0.2, 0.25) is 5.95 Å². The van der Waals surface area contributed by atoms with Gasteiger partial charge < -0.3 is 4.57 Å². The van der Waals surface area contributed by atoms with E-state index in [1.807, 2.05) is 53.1 Å². The van der Waals surface area contributed by atoms with Crippen LogP contribution in [-0.2, 0) is 13.0 Å². The quantitative estimate of drug-likeness (QED) is 0.448. The van der Waals surface area contributed by atoms with E-state index in [-0.39, 0.29) is 11.6 Å². The molecule has 0 aliphatic rings. The third kappa shape index (κ3) is 4.06. The van der Waals surface area contributed by atoms with Gasteiger partial charge in [-0.3, -0.25) is 20.1 Å². The second-order valence-corrected chi connectivity index (χ2v) is 7.11. The van der Waals surface area contributed by atoms with Crippen LogP contribution in [0.15, 0.2) is 85.5 Å². The number of amides is 1. The smallest absolute Gasteiger partial charge is 0.276 e. The van der Waals surface area contributed by atoms with E-state index in [0.29, 0.717) is 24.7 Å². The maximum atomic E-state index is 13.0. The van der Waals surface area contributed by atoms with Crippen molar-refractivity contribution in [2.75, 3.05) is 5.32 Å². The number of hydrogen-bond donors (Lipinski definition) is 1. The van der Waals surface area contributed by atoms with Crippen molar-refractivity contribution in [1.29, 1.82) is 0 Å². The van der Waals surface area contributed by atoms with Gasteiger partial charge in [0.25, 0.3) is 5.91 Å². The lowest BCUT2D eigenvalue weighted by molar-refractivity contribution is 0.102.